The largest absolute Gasteiger partial charge is 0.393 e. The zero-order valence-corrected chi connectivity index (χ0v) is 12.2. The fourth-order valence-electron chi connectivity index (χ4n) is 3.14. The lowest BCUT2D eigenvalue weighted by atomic mass is 10.1. The van der Waals surface area contributed by atoms with Gasteiger partial charge in [-0.25, -0.2) is 4.98 Å². The van der Waals surface area contributed by atoms with Gasteiger partial charge in [-0.2, -0.15) is 0 Å². The molecule has 0 bridgehead atoms. The van der Waals surface area contributed by atoms with Gasteiger partial charge in [-0.05, 0) is 30.5 Å². The van der Waals surface area contributed by atoms with Crippen molar-refractivity contribution >= 4 is 16.9 Å². The quantitative estimate of drug-likeness (QED) is 0.899. The molecule has 1 saturated carbocycles. The van der Waals surface area contributed by atoms with E-state index in [1.165, 1.54) is 0 Å². The maximum Gasteiger partial charge on any atom is 0.226 e. The summed E-state index contributed by atoms with van der Waals surface area (Å²) in [7, 11) is 1.82. The molecule has 2 aromatic rings. The number of fused-ring (bicyclic) bond motifs is 1. The minimum atomic E-state index is -0.252. The van der Waals surface area contributed by atoms with Crippen LogP contribution in [0.1, 0.15) is 24.8 Å². The molecule has 0 aromatic carbocycles. The Kier molecular flexibility index (Phi) is 3.92. The standard InChI is InChI=1S/C16H21N3O2/c1-19(10-11-4-2-6-14(11)20)15(21)8-12-9-18-16-13(12)5-3-7-17-16/h3,5,7,9,11,14,20H,2,4,6,8,10H2,1H3,(H,17,18). The van der Waals surface area contributed by atoms with Gasteiger partial charge in [-0.3, -0.25) is 4.79 Å². The molecule has 3 rings (SSSR count). The summed E-state index contributed by atoms with van der Waals surface area (Å²) in [5.41, 5.74) is 1.79. The first-order valence-electron chi connectivity index (χ1n) is 7.48. The SMILES string of the molecule is CN(CC1CCCC1O)C(=O)Cc1c[nH]c2ncccc12. The zero-order valence-electron chi connectivity index (χ0n) is 12.2. The molecule has 0 radical (unpaired) electrons. The van der Waals surface area contributed by atoms with Crippen LogP contribution >= 0.6 is 0 Å². The predicted molar refractivity (Wildman–Crippen MR) is 80.8 cm³/mol. The summed E-state index contributed by atoms with van der Waals surface area (Å²) in [6.07, 6.45) is 6.63. The highest BCUT2D eigenvalue weighted by Crippen LogP contribution is 2.26. The van der Waals surface area contributed by atoms with Gasteiger partial charge >= 0.3 is 0 Å². The first-order valence-corrected chi connectivity index (χ1v) is 7.48. The fraction of sp³-hybridized carbons (Fsp3) is 0.500. The first-order chi connectivity index (χ1) is 10.1. The number of rotatable bonds is 4. The number of aromatic nitrogens is 2. The van der Waals surface area contributed by atoms with Crippen molar-refractivity contribution in [3.8, 4) is 0 Å². The third kappa shape index (κ3) is 2.93. The summed E-state index contributed by atoms with van der Waals surface area (Å²) in [6.45, 7) is 0.639. The van der Waals surface area contributed by atoms with E-state index in [1.807, 2.05) is 25.4 Å². The van der Waals surface area contributed by atoms with Gasteiger partial charge < -0.3 is 15.0 Å². The molecule has 0 saturated heterocycles. The molecule has 5 heteroatoms. The Morgan fingerprint density at radius 3 is 3.14 bits per heavy atom. The number of nitrogens with one attached hydrogen (secondary N) is 1. The number of amides is 1. The van der Waals surface area contributed by atoms with Crippen molar-refractivity contribution in [3.63, 3.8) is 0 Å². The van der Waals surface area contributed by atoms with Gasteiger partial charge in [0.25, 0.3) is 0 Å². The molecule has 2 aromatic heterocycles. The van der Waals surface area contributed by atoms with Gasteiger partial charge in [0, 0.05) is 37.3 Å². The number of aliphatic hydroxyl groups excluding tert-OH is 1. The third-order valence-corrected chi connectivity index (χ3v) is 4.43. The van der Waals surface area contributed by atoms with Crippen LogP contribution in [0.4, 0.5) is 0 Å². The minimum absolute atomic E-state index is 0.0823. The average Bonchev–Trinajstić information content (AvgIpc) is 3.07. The van der Waals surface area contributed by atoms with Crippen molar-refractivity contribution < 1.29 is 9.90 Å². The summed E-state index contributed by atoms with van der Waals surface area (Å²) in [6, 6.07) is 3.85. The van der Waals surface area contributed by atoms with E-state index in [1.54, 1.807) is 11.1 Å². The van der Waals surface area contributed by atoms with Crippen LogP contribution in [0.15, 0.2) is 24.5 Å². The highest BCUT2D eigenvalue weighted by molar-refractivity contribution is 5.87. The highest BCUT2D eigenvalue weighted by Gasteiger charge is 2.27. The highest BCUT2D eigenvalue weighted by atomic mass is 16.3. The summed E-state index contributed by atoms with van der Waals surface area (Å²) < 4.78 is 0. The van der Waals surface area contributed by atoms with Crippen LogP contribution in [0.3, 0.4) is 0 Å². The number of likely N-dealkylation sites (N-methyl/N-ethyl adjacent to an activating group) is 1. The third-order valence-electron chi connectivity index (χ3n) is 4.43. The summed E-state index contributed by atoms with van der Waals surface area (Å²) in [4.78, 5) is 21.4. The Labute approximate surface area is 124 Å². The van der Waals surface area contributed by atoms with Crippen molar-refractivity contribution in [2.45, 2.75) is 31.8 Å². The van der Waals surface area contributed by atoms with Crippen LogP contribution in [-0.4, -0.2) is 45.6 Å². The van der Waals surface area contributed by atoms with E-state index >= 15 is 0 Å². The van der Waals surface area contributed by atoms with E-state index in [0.717, 1.165) is 35.9 Å². The number of aliphatic hydroxyl groups is 1. The summed E-state index contributed by atoms with van der Waals surface area (Å²) >= 11 is 0. The van der Waals surface area contributed by atoms with Crippen LogP contribution in [0.25, 0.3) is 11.0 Å². The maximum absolute atomic E-state index is 12.4. The molecule has 2 unspecified atom stereocenters. The Bertz CT molecular complexity index is 637. The van der Waals surface area contributed by atoms with Crippen molar-refractivity contribution in [3.05, 3.63) is 30.1 Å². The van der Waals surface area contributed by atoms with Crippen LogP contribution in [0, 0.1) is 5.92 Å². The second-order valence-electron chi connectivity index (χ2n) is 5.92. The Balaban J connectivity index is 1.65. The number of carbonyl (C=O) groups excluding carboxylic acids is 1. The molecule has 1 aliphatic carbocycles. The van der Waals surface area contributed by atoms with Crippen LogP contribution in [0.2, 0.25) is 0 Å². The normalized spacial score (nSPS) is 21.8. The average molecular weight is 287 g/mol. The second-order valence-corrected chi connectivity index (χ2v) is 5.92. The molecule has 0 aliphatic heterocycles. The van der Waals surface area contributed by atoms with Crippen LogP contribution < -0.4 is 0 Å². The number of hydrogen-bond acceptors (Lipinski definition) is 3. The van der Waals surface area contributed by atoms with E-state index in [2.05, 4.69) is 9.97 Å². The first kappa shape index (κ1) is 14.1. The molecule has 5 nitrogen and oxygen atoms in total. The van der Waals surface area contributed by atoms with Gasteiger partial charge in [0.15, 0.2) is 0 Å². The number of aromatic amines is 1. The van der Waals surface area contributed by atoms with Crippen LogP contribution in [0.5, 0.6) is 0 Å². The predicted octanol–water partition coefficient (Wildman–Crippen LogP) is 1.72. The molecule has 0 spiro atoms. The van der Waals surface area contributed by atoms with Crippen molar-refractivity contribution in [1.82, 2.24) is 14.9 Å². The van der Waals surface area contributed by atoms with E-state index in [9.17, 15) is 9.90 Å². The van der Waals surface area contributed by atoms with Gasteiger partial charge in [0.05, 0.1) is 12.5 Å². The van der Waals surface area contributed by atoms with E-state index < -0.39 is 0 Å². The Morgan fingerprint density at radius 1 is 1.52 bits per heavy atom. The number of pyridine rings is 1. The minimum Gasteiger partial charge on any atom is -0.393 e. The topological polar surface area (TPSA) is 69.2 Å². The van der Waals surface area contributed by atoms with E-state index in [4.69, 9.17) is 0 Å². The van der Waals surface area contributed by atoms with E-state index in [-0.39, 0.29) is 17.9 Å². The van der Waals surface area contributed by atoms with Crippen molar-refractivity contribution in [2.75, 3.05) is 13.6 Å². The monoisotopic (exact) mass is 287 g/mol. The van der Waals surface area contributed by atoms with Crippen molar-refractivity contribution in [1.29, 1.82) is 0 Å². The molecular weight excluding hydrogens is 266 g/mol. The molecule has 2 N–H and O–H groups in total. The second kappa shape index (κ2) is 5.85. The van der Waals surface area contributed by atoms with Crippen molar-refractivity contribution in [2.24, 2.45) is 5.92 Å². The van der Waals surface area contributed by atoms with Gasteiger partial charge in [-0.15, -0.1) is 0 Å². The molecule has 2 atom stereocenters. The summed E-state index contributed by atoms with van der Waals surface area (Å²) in [5.74, 6) is 0.308. The lowest BCUT2D eigenvalue weighted by Crippen LogP contribution is -2.35. The van der Waals surface area contributed by atoms with Gasteiger partial charge in [-0.1, -0.05) is 6.42 Å². The Morgan fingerprint density at radius 2 is 2.38 bits per heavy atom. The molecule has 1 aliphatic rings. The number of hydrogen-bond donors (Lipinski definition) is 2. The molecule has 2 heterocycles. The molecular formula is C16H21N3O2. The van der Waals surface area contributed by atoms with E-state index in [0.29, 0.717) is 13.0 Å². The smallest absolute Gasteiger partial charge is 0.226 e. The molecule has 1 amide bonds. The number of carbonyl (C=O) groups is 1. The molecule has 1 fully saturated rings. The number of H-pyrrole nitrogens is 1. The molecule has 21 heavy (non-hydrogen) atoms. The maximum atomic E-state index is 12.4. The summed E-state index contributed by atoms with van der Waals surface area (Å²) in [5, 5.41) is 10.9. The zero-order chi connectivity index (χ0) is 14.8. The lowest BCUT2D eigenvalue weighted by Gasteiger charge is -2.23. The lowest BCUT2D eigenvalue weighted by molar-refractivity contribution is -0.130. The fourth-order valence-corrected chi connectivity index (χ4v) is 3.14. The number of nitrogens with zero attached hydrogens (tertiary/aromatic N) is 2. The molecule has 112 valence electrons. The van der Waals surface area contributed by atoms with Gasteiger partial charge in [0.2, 0.25) is 5.91 Å². The van der Waals surface area contributed by atoms with Gasteiger partial charge in [0.1, 0.15) is 5.65 Å². The van der Waals surface area contributed by atoms with Crippen LogP contribution in [-0.2, 0) is 11.2 Å². The Hall–Kier alpha value is -1.88.